The molecule has 0 fully saturated rings. The average Bonchev–Trinajstić information content (AvgIpc) is 3.04. The smallest absolute Gasteiger partial charge is 0.366 e. The van der Waals surface area contributed by atoms with Gasteiger partial charge in [-0.1, -0.05) is 35.5 Å². The maximum absolute atomic E-state index is 12.6. The second kappa shape index (κ2) is 5.84. The summed E-state index contributed by atoms with van der Waals surface area (Å²) in [6, 6.07) is 12.7. The van der Waals surface area contributed by atoms with Gasteiger partial charge < -0.3 is 10.3 Å². The van der Waals surface area contributed by atoms with Crippen molar-refractivity contribution in [3.8, 4) is 22.6 Å². The first-order chi connectivity index (χ1) is 11.4. The van der Waals surface area contributed by atoms with Crippen LogP contribution in [0.25, 0.3) is 22.6 Å². The second-order valence-electron chi connectivity index (χ2n) is 5.06. The van der Waals surface area contributed by atoms with E-state index >= 15 is 0 Å². The van der Waals surface area contributed by atoms with Crippen LogP contribution in [0.3, 0.4) is 0 Å². The third-order valence-corrected chi connectivity index (χ3v) is 3.48. The van der Waals surface area contributed by atoms with Crippen LogP contribution in [-0.2, 0) is 6.18 Å². The number of primary amides is 1. The van der Waals surface area contributed by atoms with Crippen LogP contribution in [0.2, 0.25) is 0 Å². The SMILES string of the molecule is NC(=O)c1ccccc1-c1cc(-c2ccc(C(F)(F)F)cc2)on1. The van der Waals surface area contributed by atoms with Gasteiger partial charge in [0.15, 0.2) is 5.76 Å². The van der Waals surface area contributed by atoms with Crippen molar-refractivity contribution in [3.63, 3.8) is 0 Å². The number of hydrogen-bond donors (Lipinski definition) is 1. The summed E-state index contributed by atoms with van der Waals surface area (Å²) in [5.74, 6) is -0.317. The fourth-order valence-corrected chi connectivity index (χ4v) is 2.28. The topological polar surface area (TPSA) is 69.1 Å². The van der Waals surface area contributed by atoms with Crippen LogP contribution in [0.4, 0.5) is 13.2 Å². The van der Waals surface area contributed by atoms with Crippen molar-refractivity contribution in [1.82, 2.24) is 5.16 Å². The predicted molar refractivity (Wildman–Crippen MR) is 80.9 cm³/mol. The Morgan fingerprint density at radius 3 is 2.33 bits per heavy atom. The molecule has 0 aliphatic heterocycles. The highest BCUT2D eigenvalue weighted by atomic mass is 19.4. The van der Waals surface area contributed by atoms with Crippen molar-refractivity contribution >= 4 is 5.91 Å². The second-order valence-corrected chi connectivity index (χ2v) is 5.06. The van der Waals surface area contributed by atoms with Gasteiger partial charge in [-0.2, -0.15) is 13.2 Å². The van der Waals surface area contributed by atoms with Crippen molar-refractivity contribution < 1.29 is 22.5 Å². The van der Waals surface area contributed by atoms with Gasteiger partial charge >= 0.3 is 6.18 Å². The number of nitrogens with zero attached hydrogens (tertiary/aromatic N) is 1. The number of nitrogens with two attached hydrogens (primary N) is 1. The van der Waals surface area contributed by atoms with Crippen molar-refractivity contribution in [3.05, 3.63) is 65.7 Å². The molecule has 0 spiro atoms. The van der Waals surface area contributed by atoms with E-state index in [1.807, 2.05) is 0 Å². The number of rotatable bonds is 3. The third kappa shape index (κ3) is 3.01. The van der Waals surface area contributed by atoms with E-state index in [0.29, 0.717) is 16.8 Å². The van der Waals surface area contributed by atoms with Gasteiger partial charge in [-0.15, -0.1) is 0 Å². The van der Waals surface area contributed by atoms with Crippen LogP contribution in [0.1, 0.15) is 15.9 Å². The van der Waals surface area contributed by atoms with E-state index in [0.717, 1.165) is 12.1 Å². The monoisotopic (exact) mass is 332 g/mol. The van der Waals surface area contributed by atoms with Gasteiger partial charge in [0.25, 0.3) is 0 Å². The van der Waals surface area contributed by atoms with Crippen LogP contribution in [0, 0.1) is 0 Å². The molecule has 1 amide bonds. The van der Waals surface area contributed by atoms with Crippen molar-refractivity contribution in [2.75, 3.05) is 0 Å². The third-order valence-electron chi connectivity index (χ3n) is 3.48. The molecule has 0 aliphatic rings. The molecule has 2 N–H and O–H groups in total. The van der Waals surface area contributed by atoms with Crippen LogP contribution in [-0.4, -0.2) is 11.1 Å². The minimum Gasteiger partial charge on any atom is -0.366 e. The van der Waals surface area contributed by atoms with Crippen molar-refractivity contribution in [2.24, 2.45) is 5.73 Å². The first-order valence-electron chi connectivity index (χ1n) is 6.90. The Labute approximate surface area is 134 Å². The molecule has 0 unspecified atom stereocenters. The minimum absolute atomic E-state index is 0.282. The van der Waals surface area contributed by atoms with Gasteiger partial charge in [0.2, 0.25) is 5.91 Å². The number of aromatic nitrogens is 1. The molecule has 1 aromatic heterocycles. The number of alkyl halides is 3. The van der Waals surface area contributed by atoms with E-state index in [-0.39, 0.29) is 11.3 Å². The molecule has 2 aromatic carbocycles. The molecule has 4 nitrogen and oxygen atoms in total. The van der Waals surface area contributed by atoms with E-state index in [9.17, 15) is 18.0 Å². The lowest BCUT2D eigenvalue weighted by Gasteiger charge is -2.06. The standard InChI is InChI=1S/C17H11F3N2O2/c18-17(19,20)11-7-5-10(6-8-11)15-9-14(22-24-15)12-3-1-2-4-13(12)16(21)23/h1-9H,(H2,21,23). The van der Waals surface area contributed by atoms with Gasteiger partial charge in [-0.25, -0.2) is 0 Å². The summed E-state index contributed by atoms with van der Waals surface area (Å²) in [5, 5.41) is 3.87. The van der Waals surface area contributed by atoms with Gasteiger partial charge in [0, 0.05) is 22.8 Å². The maximum Gasteiger partial charge on any atom is 0.416 e. The molecule has 0 bridgehead atoms. The molecule has 3 rings (SSSR count). The van der Waals surface area contributed by atoms with E-state index in [1.165, 1.54) is 12.1 Å². The average molecular weight is 332 g/mol. The largest absolute Gasteiger partial charge is 0.416 e. The van der Waals surface area contributed by atoms with E-state index in [2.05, 4.69) is 5.16 Å². The van der Waals surface area contributed by atoms with E-state index < -0.39 is 17.6 Å². The van der Waals surface area contributed by atoms with Crippen LogP contribution < -0.4 is 5.73 Å². The van der Waals surface area contributed by atoms with E-state index in [1.54, 1.807) is 30.3 Å². The van der Waals surface area contributed by atoms with Gasteiger partial charge in [-0.3, -0.25) is 4.79 Å². The summed E-state index contributed by atoms with van der Waals surface area (Å²) in [5.41, 5.74) is 6.17. The van der Waals surface area contributed by atoms with E-state index in [4.69, 9.17) is 10.3 Å². The van der Waals surface area contributed by atoms with Gasteiger partial charge in [0.05, 0.1) is 5.56 Å². The number of amides is 1. The highest BCUT2D eigenvalue weighted by molar-refractivity contribution is 5.99. The number of carbonyl (C=O) groups is 1. The minimum atomic E-state index is -4.40. The number of carbonyl (C=O) groups excluding carboxylic acids is 1. The molecular formula is C17H11F3N2O2. The Morgan fingerprint density at radius 2 is 1.71 bits per heavy atom. The molecule has 0 aliphatic carbocycles. The maximum atomic E-state index is 12.6. The molecule has 7 heteroatoms. The Morgan fingerprint density at radius 1 is 1.04 bits per heavy atom. The lowest BCUT2D eigenvalue weighted by molar-refractivity contribution is -0.137. The lowest BCUT2D eigenvalue weighted by Crippen LogP contribution is -2.12. The summed E-state index contributed by atoms with van der Waals surface area (Å²) in [4.78, 5) is 11.5. The molecule has 122 valence electrons. The van der Waals surface area contributed by atoms with Crippen LogP contribution in [0.15, 0.2) is 59.1 Å². The first kappa shape index (κ1) is 15.8. The summed E-state index contributed by atoms with van der Waals surface area (Å²) >= 11 is 0. The lowest BCUT2D eigenvalue weighted by atomic mass is 10.0. The fourth-order valence-electron chi connectivity index (χ4n) is 2.28. The number of benzene rings is 2. The summed E-state index contributed by atoms with van der Waals surface area (Å²) in [6.07, 6.45) is -4.40. The molecular weight excluding hydrogens is 321 g/mol. The Bertz CT molecular complexity index is 883. The molecule has 0 atom stereocenters. The number of halogens is 3. The molecule has 24 heavy (non-hydrogen) atoms. The summed E-state index contributed by atoms with van der Waals surface area (Å²) < 4.78 is 42.9. The van der Waals surface area contributed by atoms with Gasteiger partial charge in [-0.05, 0) is 18.2 Å². The zero-order valence-electron chi connectivity index (χ0n) is 12.2. The zero-order chi connectivity index (χ0) is 17.3. The quantitative estimate of drug-likeness (QED) is 0.784. The predicted octanol–water partition coefficient (Wildman–Crippen LogP) is 4.13. The Hall–Kier alpha value is -3.09. The molecule has 3 aromatic rings. The molecule has 0 radical (unpaired) electrons. The highest BCUT2D eigenvalue weighted by Gasteiger charge is 2.30. The molecule has 0 saturated heterocycles. The van der Waals surface area contributed by atoms with Crippen LogP contribution >= 0.6 is 0 Å². The van der Waals surface area contributed by atoms with Crippen LogP contribution in [0.5, 0.6) is 0 Å². The van der Waals surface area contributed by atoms with Crippen molar-refractivity contribution in [2.45, 2.75) is 6.18 Å². The van der Waals surface area contributed by atoms with Gasteiger partial charge in [0.1, 0.15) is 5.69 Å². The normalized spacial score (nSPS) is 11.5. The summed E-state index contributed by atoms with van der Waals surface area (Å²) in [6.45, 7) is 0. The zero-order valence-corrected chi connectivity index (χ0v) is 12.2. The number of hydrogen-bond acceptors (Lipinski definition) is 3. The Balaban J connectivity index is 1.96. The summed E-state index contributed by atoms with van der Waals surface area (Å²) in [7, 11) is 0. The van der Waals surface area contributed by atoms with Crippen molar-refractivity contribution in [1.29, 1.82) is 0 Å². The first-order valence-corrected chi connectivity index (χ1v) is 6.90. The fraction of sp³-hybridized carbons (Fsp3) is 0.0588. The highest BCUT2D eigenvalue weighted by Crippen LogP contribution is 2.32. The Kier molecular flexibility index (Phi) is 3.84. The molecule has 1 heterocycles. The molecule has 0 saturated carbocycles.